The molecule has 0 unspecified atom stereocenters. The SMILES string of the molecule is Nn1c(SCC(=O)NCc2ccccn2)nnc1-c1ccc(OC(F)F)cc1. The molecule has 0 aliphatic carbocycles. The highest BCUT2D eigenvalue weighted by Crippen LogP contribution is 2.24. The Morgan fingerprint density at radius 1 is 1.21 bits per heavy atom. The molecule has 3 aromatic rings. The molecule has 8 nitrogen and oxygen atoms in total. The molecule has 0 bridgehead atoms. The van der Waals surface area contributed by atoms with E-state index in [2.05, 4.69) is 25.2 Å². The number of amides is 1. The van der Waals surface area contributed by atoms with Crippen molar-refractivity contribution in [1.82, 2.24) is 25.2 Å². The average molecular weight is 406 g/mol. The van der Waals surface area contributed by atoms with Gasteiger partial charge < -0.3 is 15.9 Å². The number of nitrogens with zero attached hydrogens (tertiary/aromatic N) is 4. The number of hydrogen-bond acceptors (Lipinski definition) is 7. The monoisotopic (exact) mass is 406 g/mol. The number of carbonyl (C=O) groups excluding carboxylic acids is 1. The van der Waals surface area contributed by atoms with Crippen LogP contribution in [0.4, 0.5) is 8.78 Å². The van der Waals surface area contributed by atoms with Crippen molar-refractivity contribution in [2.45, 2.75) is 18.3 Å². The third kappa shape index (κ3) is 5.16. The molecule has 28 heavy (non-hydrogen) atoms. The summed E-state index contributed by atoms with van der Waals surface area (Å²) in [5.74, 6) is 6.25. The highest BCUT2D eigenvalue weighted by molar-refractivity contribution is 7.99. The molecule has 0 saturated heterocycles. The van der Waals surface area contributed by atoms with E-state index in [1.54, 1.807) is 24.4 Å². The Morgan fingerprint density at radius 3 is 2.68 bits per heavy atom. The van der Waals surface area contributed by atoms with Crippen molar-refractivity contribution in [3.63, 3.8) is 0 Å². The summed E-state index contributed by atoms with van der Waals surface area (Å²) in [6, 6.07) is 11.3. The van der Waals surface area contributed by atoms with Crippen molar-refractivity contribution >= 4 is 17.7 Å². The molecule has 0 aliphatic rings. The lowest BCUT2D eigenvalue weighted by molar-refractivity contribution is -0.118. The first kappa shape index (κ1) is 19.5. The second-order valence-corrected chi connectivity index (χ2v) is 6.41. The number of ether oxygens (including phenoxy) is 1. The number of rotatable bonds is 8. The summed E-state index contributed by atoms with van der Waals surface area (Å²) >= 11 is 1.13. The molecule has 0 saturated carbocycles. The Bertz CT molecular complexity index is 921. The van der Waals surface area contributed by atoms with Crippen LogP contribution in [0.15, 0.2) is 53.8 Å². The lowest BCUT2D eigenvalue weighted by atomic mass is 10.2. The number of nitrogens with one attached hydrogen (secondary N) is 1. The Kier molecular flexibility index (Phi) is 6.37. The minimum absolute atomic E-state index is 0.0287. The van der Waals surface area contributed by atoms with E-state index in [1.165, 1.54) is 16.8 Å². The second kappa shape index (κ2) is 9.13. The molecular formula is C17H16F2N6O2S. The molecule has 0 spiro atoms. The van der Waals surface area contributed by atoms with Crippen molar-refractivity contribution in [3.8, 4) is 17.1 Å². The molecule has 1 aromatic carbocycles. The first-order chi connectivity index (χ1) is 13.5. The fourth-order valence-corrected chi connectivity index (χ4v) is 2.92. The fraction of sp³-hybridized carbons (Fsp3) is 0.176. The molecule has 0 atom stereocenters. The maximum Gasteiger partial charge on any atom is 0.387 e. The number of thioether (sulfide) groups is 1. The van der Waals surface area contributed by atoms with E-state index in [1.807, 2.05) is 12.1 Å². The molecule has 1 amide bonds. The van der Waals surface area contributed by atoms with Crippen LogP contribution in [0.1, 0.15) is 5.69 Å². The zero-order valence-electron chi connectivity index (χ0n) is 14.5. The van der Waals surface area contributed by atoms with Gasteiger partial charge in [0.05, 0.1) is 18.0 Å². The molecule has 2 heterocycles. The van der Waals surface area contributed by atoms with Gasteiger partial charge in [-0.2, -0.15) is 8.78 Å². The zero-order valence-corrected chi connectivity index (χ0v) is 15.3. The molecule has 146 valence electrons. The Balaban J connectivity index is 1.56. The maximum atomic E-state index is 12.2. The lowest BCUT2D eigenvalue weighted by Crippen LogP contribution is -2.25. The first-order valence-corrected chi connectivity index (χ1v) is 9.06. The van der Waals surface area contributed by atoms with Gasteiger partial charge in [0.1, 0.15) is 5.75 Å². The molecule has 3 rings (SSSR count). The van der Waals surface area contributed by atoms with E-state index in [9.17, 15) is 13.6 Å². The third-order valence-electron chi connectivity index (χ3n) is 3.53. The van der Waals surface area contributed by atoms with Crippen molar-refractivity contribution < 1.29 is 18.3 Å². The van der Waals surface area contributed by atoms with E-state index in [0.717, 1.165) is 17.5 Å². The Morgan fingerprint density at radius 2 is 2.00 bits per heavy atom. The van der Waals surface area contributed by atoms with Crippen LogP contribution < -0.4 is 15.9 Å². The number of halogens is 2. The van der Waals surface area contributed by atoms with Gasteiger partial charge in [-0.15, -0.1) is 10.2 Å². The van der Waals surface area contributed by atoms with Crippen LogP contribution in [0, 0.1) is 0 Å². The van der Waals surface area contributed by atoms with Crippen molar-refractivity contribution in [3.05, 3.63) is 54.4 Å². The molecule has 0 aliphatic heterocycles. The topological polar surface area (TPSA) is 108 Å². The summed E-state index contributed by atoms with van der Waals surface area (Å²) in [6.45, 7) is -2.57. The smallest absolute Gasteiger partial charge is 0.387 e. The molecule has 2 aromatic heterocycles. The zero-order chi connectivity index (χ0) is 19.9. The largest absolute Gasteiger partial charge is 0.435 e. The predicted molar refractivity (Wildman–Crippen MR) is 99.0 cm³/mol. The van der Waals surface area contributed by atoms with Crippen LogP contribution in [-0.4, -0.2) is 38.1 Å². The predicted octanol–water partition coefficient (Wildman–Crippen LogP) is 2.06. The number of alkyl halides is 2. The van der Waals surface area contributed by atoms with Gasteiger partial charge in [0, 0.05) is 11.8 Å². The number of aromatic nitrogens is 4. The van der Waals surface area contributed by atoms with Gasteiger partial charge >= 0.3 is 6.61 Å². The normalized spacial score (nSPS) is 10.8. The third-order valence-corrected chi connectivity index (χ3v) is 4.47. The quantitative estimate of drug-likeness (QED) is 0.435. The standard InChI is InChI=1S/C17H16F2N6O2S/c18-16(19)27-13-6-4-11(5-7-13)15-23-24-17(25(15)20)28-10-14(26)22-9-12-3-1-2-8-21-12/h1-8,16H,9-10,20H2,(H,22,26). The van der Waals surface area contributed by atoms with Crippen LogP contribution in [0.5, 0.6) is 5.75 Å². The van der Waals surface area contributed by atoms with Crippen LogP contribution >= 0.6 is 11.8 Å². The summed E-state index contributed by atoms with van der Waals surface area (Å²) in [5, 5.41) is 11.0. The Hall–Kier alpha value is -3.21. The minimum Gasteiger partial charge on any atom is -0.435 e. The van der Waals surface area contributed by atoms with Gasteiger partial charge in [-0.3, -0.25) is 9.78 Å². The van der Waals surface area contributed by atoms with Gasteiger partial charge in [0.2, 0.25) is 11.1 Å². The number of carbonyl (C=O) groups is 1. The van der Waals surface area contributed by atoms with E-state index in [0.29, 0.717) is 23.1 Å². The van der Waals surface area contributed by atoms with Gasteiger partial charge in [-0.05, 0) is 36.4 Å². The van der Waals surface area contributed by atoms with E-state index >= 15 is 0 Å². The molecule has 3 N–H and O–H groups in total. The fourth-order valence-electron chi connectivity index (χ4n) is 2.23. The molecule has 11 heteroatoms. The molecule has 0 fully saturated rings. The lowest BCUT2D eigenvalue weighted by Gasteiger charge is -2.06. The number of pyridine rings is 1. The van der Waals surface area contributed by atoms with Gasteiger partial charge in [-0.1, -0.05) is 17.8 Å². The van der Waals surface area contributed by atoms with Gasteiger partial charge in [0.15, 0.2) is 5.82 Å². The summed E-state index contributed by atoms with van der Waals surface area (Å²) in [6.07, 6.45) is 1.65. The first-order valence-electron chi connectivity index (χ1n) is 8.08. The minimum atomic E-state index is -2.89. The number of hydrogen-bond donors (Lipinski definition) is 2. The van der Waals surface area contributed by atoms with Crippen LogP contribution in [0.25, 0.3) is 11.4 Å². The van der Waals surface area contributed by atoms with E-state index in [-0.39, 0.29) is 17.4 Å². The van der Waals surface area contributed by atoms with Crippen LogP contribution in [-0.2, 0) is 11.3 Å². The van der Waals surface area contributed by atoms with Crippen molar-refractivity contribution in [2.24, 2.45) is 0 Å². The van der Waals surface area contributed by atoms with Gasteiger partial charge in [0.25, 0.3) is 0 Å². The second-order valence-electron chi connectivity index (χ2n) is 5.47. The average Bonchev–Trinajstić information content (AvgIpc) is 3.06. The van der Waals surface area contributed by atoms with Crippen LogP contribution in [0.3, 0.4) is 0 Å². The van der Waals surface area contributed by atoms with E-state index < -0.39 is 6.61 Å². The summed E-state index contributed by atoms with van der Waals surface area (Å²) in [5.41, 5.74) is 1.33. The molecular weight excluding hydrogens is 390 g/mol. The van der Waals surface area contributed by atoms with E-state index in [4.69, 9.17) is 5.84 Å². The number of nitrogen functional groups attached to an aromatic ring is 1. The Labute approximate surface area is 163 Å². The summed E-state index contributed by atoms with van der Waals surface area (Å²) < 4.78 is 29.9. The summed E-state index contributed by atoms with van der Waals surface area (Å²) in [7, 11) is 0. The van der Waals surface area contributed by atoms with Crippen molar-refractivity contribution in [2.75, 3.05) is 11.6 Å². The van der Waals surface area contributed by atoms with Crippen molar-refractivity contribution in [1.29, 1.82) is 0 Å². The van der Waals surface area contributed by atoms with Gasteiger partial charge in [-0.25, -0.2) is 4.68 Å². The summed E-state index contributed by atoms with van der Waals surface area (Å²) in [4.78, 5) is 16.1. The van der Waals surface area contributed by atoms with Crippen LogP contribution in [0.2, 0.25) is 0 Å². The molecule has 0 radical (unpaired) electrons. The maximum absolute atomic E-state index is 12.2. The number of nitrogens with two attached hydrogens (primary N) is 1. The highest BCUT2D eigenvalue weighted by Gasteiger charge is 2.14. The number of benzene rings is 1. The highest BCUT2D eigenvalue weighted by atomic mass is 32.2.